The van der Waals surface area contributed by atoms with Gasteiger partial charge in [0.1, 0.15) is 18.1 Å². The van der Waals surface area contributed by atoms with Gasteiger partial charge in [0.15, 0.2) is 6.10 Å². The molecule has 0 radical (unpaired) electrons. The molecular formula is C23H23NO3. The first-order valence-corrected chi connectivity index (χ1v) is 8.96. The molecule has 0 aliphatic heterocycles. The average Bonchev–Trinajstić information content (AvgIpc) is 2.73. The Hall–Kier alpha value is -3.27. The van der Waals surface area contributed by atoms with Crippen LogP contribution in [0.2, 0.25) is 0 Å². The Balaban J connectivity index is 1.46. The summed E-state index contributed by atoms with van der Waals surface area (Å²) in [5, 5.41) is 2.88. The molecule has 3 aromatic rings. The van der Waals surface area contributed by atoms with Gasteiger partial charge in [-0.2, -0.15) is 0 Å². The SMILES string of the molecule is C[C@@H](Oc1ccc(OCc2ccccc2)cc1)C(=O)NCc1ccccc1. The van der Waals surface area contributed by atoms with Gasteiger partial charge in [0.25, 0.3) is 5.91 Å². The van der Waals surface area contributed by atoms with Crippen molar-refractivity contribution in [3.8, 4) is 11.5 Å². The number of carbonyl (C=O) groups excluding carboxylic acids is 1. The number of rotatable bonds is 8. The highest BCUT2D eigenvalue weighted by Gasteiger charge is 2.14. The maximum atomic E-state index is 12.2. The summed E-state index contributed by atoms with van der Waals surface area (Å²) in [7, 11) is 0. The lowest BCUT2D eigenvalue weighted by Crippen LogP contribution is -2.35. The van der Waals surface area contributed by atoms with Gasteiger partial charge < -0.3 is 14.8 Å². The molecule has 0 heterocycles. The third-order valence-corrected chi connectivity index (χ3v) is 4.06. The second kappa shape index (κ2) is 9.43. The van der Waals surface area contributed by atoms with Crippen LogP contribution in [0.3, 0.4) is 0 Å². The fourth-order valence-corrected chi connectivity index (χ4v) is 2.54. The zero-order chi connectivity index (χ0) is 18.9. The molecule has 0 aliphatic rings. The molecule has 1 amide bonds. The van der Waals surface area contributed by atoms with Gasteiger partial charge >= 0.3 is 0 Å². The molecule has 0 saturated heterocycles. The fourth-order valence-electron chi connectivity index (χ4n) is 2.54. The van der Waals surface area contributed by atoms with E-state index in [9.17, 15) is 4.79 Å². The van der Waals surface area contributed by atoms with Crippen LogP contribution in [0, 0.1) is 0 Å². The first-order chi connectivity index (χ1) is 13.2. The summed E-state index contributed by atoms with van der Waals surface area (Å²) in [6.45, 7) is 2.74. The van der Waals surface area contributed by atoms with Crippen molar-refractivity contribution in [1.82, 2.24) is 5.32 Å². The smallest absolute Gasteiger partial charge is 0.261 e. The van der Waals surface area contributed by atoms with Gasteiger partial charge in [0.2, 0.25) is 0 Å². The normalized spacial score (nSPS) is 11.4. The molecule has 138 valence electrons. The topological polar surface area (TPSA) is 47.6 Å². The summed E-state index contributed by atoms with van der Waals surface area (Å²) in [5.41, 5.74) is 2.17. The van der Waals surface area contributed by atoms with Crippen molar-refractivity contribution in [2.24, 2.45) is 0 Å². The second-order valence-electron chi connectivity index (χ2n) is 6.21. The van der Waals surface area contributed by atoms with Crippen molar-refractivity contribution in [3.63, 3.8) is 0 Å². The Morgan fingerprint density at radius 1 is 0.815 bits per heavy atom. The molecule has 3 aromatic carbocycles. The Labute approximate surface area is 159 Å². The number of amides is 1. The number of ether oxygens (including phenoxy) is 2. The number of carbonyl (C=O) groups is 1. The Bertz CT molecular complexity index is 833. The minimum absolute atomic E-state index is 0.150. The average molecular weight is 361 g/mol. The van der Waals surface area contributed by atoms with Gasteiger partial charge in [-0.05, 0) is 42.3 Å². The van der Waals surface area contributed by atoms with Crippen LogP contribution in [-0.2, 0) is 17.9 Å². The van der Waals surface area contributed by atoms with Gasteiger partial charge in [-0.3, -0.25) is 4.79 Å². The van der Waals surface area contributed by atoms with Crippen molar-refractivity contribution < 1.29 is 14.3 Å². The molecule has 0 bridgehead atoms. The highest BCUT2D eigenvalue weighted by Crippen LogP contribution is 2.19. The van der Waals surface area contributed by atoms with Gasteiger partial charge in [-0.1, -0.05) is 60.7 Å². The summed E-state index contributed by atoms with van der Waals surface area (Å²) < 4.78 is 11.5. The van der Waals surface area contributed by atoms with E-state index in [1.165, 1.54) is 0 Å². The van der Waals surface area contributed by atoms with Crippen molar-refractivity contribution in [3.05, 3.63) is 96.1 Å². The Morgan fingerprint density at radius 2 is 1.37 bits per heavy atom. The van der Waals surface area contributed by atoms with Gasteiger partial charge in [0.05, 0.1) is 0 Å². The van der Waals surface area contributed by atoms with Crippen LogP contribution in [0.1, 0.15) is 18.1 Å². The van der Waals surface area contributed by atoms with Crippen molar-refractivity contribution in [2.75, 3.05) is 0 Å². The van der Waals surface area contributed by atoms with Crippen molar-refractivity contribution in [2.45, 2.75) is 26.2 Å². The van der Waals surface area contributed by atoms with E-state index in [1.54, 1.807) is 19.1 Å². The van der Waals surface area contributed by atoms with E-state index in [2.05, 4.69) is 5.32 Å². The van der Waals surface area contributed by atoms with Crippen LogP contribution in [0.15, 0.2) is 84.9 Å². The Kier molecular flexibility index (Phi) is 6.47. The molecule has 0 aliphatic carbocycles. The van der Waals surface area contributed by atoms with Gasteiger partial charge in [-0.15, -0.1) is 0 Å². The van der Waals surface area contributed by atoms with E-state index in [0.717, 1.165) is 16.9 Å². The summed E-state index contributed by atoms with van der Waals surface area (Å²) >= 11 is 0. The fraction of sp³-hybridized carbons (Fsp3) is 0.174. The van der Waals surface area contributed by atoms with Crippen molar-refractivity contribution in [1.29, 1.82) is 0 Å². The number of benzene rings is 3. The summed E-state index contributed by atoms with van der Waals surface area (Å²) in [6.07, 6.45) is -0.579. The molecule has 0 spiro atoms. The van der Waals surface area contributed by atoms with E-state index in [1.807, 2.05) is 72.8 Å². The minimum Gasteiger partial charge on any atom is -0.489 e. The molecule has 4 nitrogen and oxygen atoms in total. The zero-order valence-corrected chi connectivity index (χ0v) is 15.3. The summed E-state index contributed by atoms with van der Waals surface area (Å²) in [4.78, 5) is 12.2. The molecule has 1 atom stereocenters. The molecule has 0 fully saturated rings. The van der Waals surface area contributed by atoms with E-state index >= 15 is 0 Å². The van der Waals surface area contributed by atoms with Gasteiger partial charge in [-0.25, -0.2) is 0 Å². The predicted molar refractivity (Wildman–Crippen MR) is 106 cm³/mol. The lowest BCUT2D eigenvalue weighted by molar-refractivity contribution is -0.127. The molecule has 0 aromatic heterocycles. The third-order valence-electron chi connectivity index (χ3n) is 4.06. The highest BCUT2D eigenvalue weighted by atomic mass is 16.5. The predicted octanol–water partition coefficient (Wildman–Crippen LogP) is 4.35. The molecule has 4 heteroatoms. The molecule has 1 N–H and O–H groups in total. The number of hydrogen-bond donors (Lipinski definition) is 1. The van der Waals surface area contributed by atoms with Crippen LogP contribution in [-0.4, -0.2) is 12.0 Å². The maximum absolute atomic E-state index is 12.2. The molecule has 27 heavy (non-hydrogen) atoms. The first-order valence-electron chi connectivity index (χ1n) is 8.96. The first kappa shape index (κ1) is 18.5. The summed E-state index contributed by atoms with van der Waals surface area (Å²) in [6, 6.07) is 27.1. The van der Waals surface area contributed by atoms with Crippen molar-refractivity contribution >= 4 is 5.91 Å². The van der Waals surface area contributed by atoms with E-state index in [4.69, 9.17) is 9.47 Å². The van der Waals surface area contributed by atoms with Crippen LogP contribution < -0.4 is 14.8 Å². The Morgan fingerprint density at radius 3 is 2.00 bits per heavy atom. The van der Waals surface area contributed by atoms with Crippen LogP contribution >= 0.6 is 0 Å². The zero-order valence-electron chi connectivity index (χ0n) is 15.3. The van der Waals surface area contributed by atoms with Crippen LogP contribution in [0.25, 0.3) is 0 Å². The maximum Gasteiger partial charge on any atom is 0.261 e. The monoisotopic (exact) mass is 361 g/mol. The number of hydrogen-bond acceptors (Lipinski definition) is 3. The minimum atomic E-state index is -0.579. The van der Waals surface area contributed by atoms with Crippen LogP contribution in [0.4, 0.5) is 0 Å². The lowest BCUT2D eigenvalue weighted by Gasteiger charge is -2.15. The van der Waals surface area contributed by atoms with E-state index in [-0.39, 0.29) is 5.91 Å². The lowest BCUT2D eigenvalue weighted by atomic mass is 10.2. The van der Waals surface area contributed by atoms with Gasteiger partial charge in [0, 0.05) is 6.54 Å². The van der Waals surface area contributed by atoms with E-state index < -0.39 is 6.10 Å². The molecule has 0 saturated carbocycles. The van der Waals surface area contributed by atoms with E-state index in [0.29, 0.717) is 18.9 Å². The number of nitrogens with one attached hydrogen (secondary N) is 1. The molecular weight excluding hydrogens is 338 g/mol. The molecule has 3 rings (SSSR count). The molecule has 0 unspecified atom stereocenters. The quantitative estimate of drug-likeness (QED) is 0.649. The largest absolute Gasteiger partial charge is 0.489 e. The second-order valence-corrected chi connectivity index (χ2v) is 6.21. The highest BCUT2D eigenvalue weighted by molar-refractivity contribution is 5.80. The third kappa shape index (κ3) is 5.89. The standard InChI is InChI=1S/C23H23NO3/c1-18(23(25)24-16-19-8-4-2-5-9-19)27-22-14-12-21(13-15-22)26-17-20-10-6-3-7-11-20/h2-15,18H,16-17H2,1H3,(H,24,25)/t18-/m1/s1. The summed E-state index contributed by atoms with van der Waals surface area (Å²) in [5.74, 6) is 1.24. The van der Waals surface area contributed by atoms with Crippen LogP contribution in [0.5, 0.6) is 11.5 Å².